The molecule has 2 fully saturated rings. The van der Waals surface area contributed by atoms with Gasteiger partial charge in [0.25, 0.3) is 5.91 Å². The molecular formula is C16H19ClN4O4. The van der Waals surface area contributed by atoms with Crippen molar-refractivity contribution in [1.29, 1.82) is 0 Å². The second-order valence-corrected chi connectivity index (χ2v) is 6.43. The topological polar surface area (TPSA) is 86.6 Å². The van der Waals surface area contributed by atoms with E-state index < -0.39 is 5.41 Å². The van der Waals surface area contributed by atoms with Crippen LogP contribution in [0.25, 0.3) is 11.2 Å². The van der Waals surface area contributed by atoms with Crippen LogP contribution in [0.4, 0.5) is 0 Å². The number of nitrogens with zero attached hydrogens (tertiary/aromatic N) is 4. The van der Waals surface area contributed by atoms with Gasteiger partial charge in [0.1, 0.15) is 10.9 Å². The smallest absolute Gasteiger partial charge is 0.316 e. The molecule has 2 aliphatic heterocycles. The second-order valence-electron chi connectivity index (χ2n) is 6.43. The van der Waals surface area contributed by atoms with Gasteiger partial charge in [-0.05, 0) is 6.07 Å². The van der Waals surface area contributed by atoms with Gasteiger partial charge in [-0.25, -0.2) is 9.97 Å². The van der Waals surface area contributed by atoms with Crippen molar-refractivity contribution in [3.63, 3.8) is 0 Å². The van der Waals surface area contributed by atoms with Gasteiger partial charge in [-0.3, -0.25) is 9.59 Å². The zero-order chi connectivity index (χ0) is 16.9. The number of amides is 1. The first-order chi connectivity index (χ1) is 11.6. The monoisotopic (exact) mass is 366 g/mol. The lowest BCUT2D eigenvalue weighted by molar-refractivity contribution is -0.153. The molecule has 1 amide bonds. The van der Waals surface area contributed by atoms with E-state index in [4.69, 9.17) is 9.47 Å². The number of methoxy groups -OCH3 is 1. The van der Waals surface area contributed by atoms with Crippen LogP contribution in [0.5, 0.6) is 0 Å². The van der Waals surface area contributed by atoms with Crippen LogP contribution in [0.3, 0.4) is 0 Å². The highest BCUT2D eigenvalue weighted by Crippen LogP contribution is 2.42. The molecule has 2 saturated heterocycles. The maximum Gasteiger partial charge on any atom is 0.316 e. The number of aromatic nitrogens is 3. The van der Waals surface area contributed by atoms with Crippen LogP contribution >= 0.6 is 12.4 Å². The van der Waals surface area contributed by atoms with Gasteiger partial charge in [0.15, 0.2) is 5.65 Å². The van der Waals surface area contributed by atoms with E-state index in [-0.39, 0.29) is 30.2 Å². The first kappa shape index (κ1) is 17.6. The number of aryl methyl sites for hydroxylation is 1. The molecule has 2 atom stereocenters. The minimum absolute atomic E-state index is 0. The van der Waals surface area contributed by atoms with Crippen molar-refractivity contribution in [2.75, 3.05) is 33.4 Å². The number of esters is 1. The summed E-state index contributed by atoms with van der Waals surface area (Å²) in [5.41, 5.74) is 0.985. The number of hydrogen-bond donors (Lipinski definition) is 0. The SMILES string of the molecule is COC(=O)[C@@]12COC[C@@H]1CN(C(=O)c1ccnc3c1ncn3C)C2.Cl. The zero-order valence-corrected chi connectivity index (χ0v) is 14.8. The molecule has 0 unspecified atom stereocenters. The fourth-order valence-electron chi connectivity index (χ4n) is 3.75. The number of fused-ring (bicyclic) bond motifs is 2. The Morgan fingerprint density at radius 1 is 1.40 bits per heavy atom. The quantitative estimate of drug-likeness (QED) is 0.725. The summed E-state index contributed by atoms with van der Waals surface area (Å²) in [6.07, 6.45) is 3.24. The zero-order valence-electron chi connectivity index (χ0n) is 14.0. The number of pyridine rings is 1. The molecule has 2 aromatic rings. The molecule has 0 N–H and O–H groups in total. The summed E-state index contributed by atoms with van der Waals surface area (Å²) in [6, 6.07) is 1.67. The molecule has 9 heteroatoms. The van der Waals surface area contributed by atoms with E-state index in [2.05, 4.69) is 9.97 Å². The molecule has 4 rings (SSSR count). The lowest BCUT2D eigenvalue weighted by atomic mass is 9.81. The van der Waals surface area contributed by atoms with Gasteiger partial charge < -0.3 is 18.9 Å². The molecule has 2 aliphatic rings. The van der Waals surface area contributed by atoms with E-state index in [9.17, 15) is 9.59 Å². The fraction of sp³-hybridized carbons (Fsp3) is 0.500. The number of hydrogen-bond acceptors (Lipinski definition) is 6. The van der Waals surface area contributed by atoms with Crippen LogP contribution in [0, 0.1) is 11.3 Å². The summed E-state index contributed by atoms with van der Waals surface area (Å²) in [6.45, 7) is 1.54. The lowest BCUT2D eigenvalue weighted by Crippen LogP contribution is -2.41. The van der Waals surface area contributed by atoms with E-state index in [0.29, 0.717) is 43.0 Å². The first-order valence-corrected chi connectivity index (χ1v) is 7.78. The van der Waals surface area contributed by atoms with E-state index in [1.54, 1.807) is 28.1 Å². The molecule has 0 bridgehead atoms. The minimum Gasteiger partial charge on any atom is -0.468 e. The normalized spacial score (nSPS) is 24.9. The highest BCUT2D eigenvalue weighted by molar-refractivity contribution is 6.04. The van der Waals surface area contributed by atoms with Crippen molar-refractivity contribution < 1.29 is 19.1 Å². The van der Waals surface area contributed by atoms with Crippen molar-refractivity contribution in [3.8, 4) is 0 Å². The van der Waals surface area contributed by atoms with Crippen molar-refractivity contribution in [2.45, 2.75) is 0 Å². The van der Waals surface area contributed by atoms with Gasteiger partial charge >= 0.3 is 5.97 Å². The Bertz CT molecular complexity index is 839. The summed E-state index contributed by atoms with van der Waals surface area (Å²) in [5, 5.41) is 0. The van der Waals surface area contributed by atoms with Crippen LogP contribution in [0.1, 0.15) is 10.4 Å². The van der Waals surface area contributed by atoms with Crippen molar-refractivity contribution in [1.82, 2.24) is 19.4 Å². The average molecular weight is 367 g/mol. The third-order valence-electron chi connectivity index (χ3n) is 5.08. The molecule has 25 heavy (non-hydrogen) atoms. The van der Waals surface area contributed by atoms with Gasteiger partial charge in [0.2, 0.25) is 0 Å². The third-order valence-corrected chi connectivity index (χ3v) is 5.08. The van der Waals surface area contributed by atoms with Gasteiger partial charge in [0.05, 0.1) is 32.2 Å². The average Bonchev–Trinajstić information content (AvgIpc) is 3.26. The van der Waals surface area contributed by atoms with Gasteiger partial charge in [0, 0.05) is 32.3 Å². The number of imidazole rings is 1. The maximum atomic E-state index is 13.0. The van der Waals surface area contributed by atoms with Crippen molar-refractivity contribution >= 4 is 35.4 Å². The van der Waals surface area contributed by atoms with Crippen LogP contribution in [0.2, 0.25) is 0 Å². The molecule has 0 aromatic carbocycles. The summed E-state index contributed by atoms with van der Waals surface area (Å²) >= 11 is 0. The Morgan fingerprint density at radius 2 is 2.20 bits per heavy atom. The molecular weight excluding hydrogens is 348 g/mol. The summed E-state index contributed by atoms with van der Waals surface area (Å²) in [7, 11) is 3.21. The Hall–Kier alpha value is -2.19. The lowest BCUT2D eigenvalue weighted by Gasteiger charge is -2.23. The third kappa shape index (κ3) is 2.47. The van der Waals surface area contributed by atoms with E-state index in [0.717, 1.165) is 0 Å². The molecule has 0 saturated carbocycles. The van der Waals surface area contributed by atoms with Gasteiger partial charge in [-0.2, -0.15) is 0 Å². The fourth-order valence-corrected chi connectivity index (χ4v) is 3.75. The molecule has 134 valence electrons. The Labute approximate surface area is 150 Å². The van der Waals surface area contributed by atoms with Gasteiger partial charge in [-0.15, -0.1) is 12.4 Å². The van der Waals surface area contributed by atoms with Crippen molar-refractivity contribution in [3.05, 3.63) is 24.2 Å². The van der Waals surface area contributed by atoms with Crippen LogP contribution in [-0.4, -0.2) is 64.7 Å². The molecule has 4 heterocycles. The second kappa shape index (κ2) is 6.27. The van der Waals surface area contributed by atoms with Crippen LogP contribution in [-0.2, 0) is 21.3 Å². The predicted molar refractivity (Wildman–Crippen MR) is 90.4 cm³/mol. The Morgan fingerprint density at radius 3 is 2.96 bits per heavy atom. The summed E-state index contributed by atoms with van der Waals surface area (Å²) < 4.78 is 12.2. The Balaban J connectivity index is 0.00000182. The highest BCUT2D eigenvalue weighted by atomic mass is 35.5. The molecule has 0 spiro atoms. The summed E-state index contributed by atoms with van der Waals surface area (Å²) in [5.74, 6) is -0.480. The number of carbonyl (C=O) groups excluding carboxylic acids is 2. The Kier molecular flexibility index (Phi) is 4.42. The number of rotatable bonds is 2. The molecule has 0 aliphatic carbocycles. The van der Waals surface area contributed by atoms with Crippen LogP contribution < -0.4 is 0 Å². The number of ether oxygens (including phenoxy) is 2. The number of halogens is 1. The predicted octanol–water partition coefficient (Wildman–Crippen LogP) is 0.652. The largest absolute Gasteiger partial charge is 0.468 e. The maximum absolute atomic E-state index is 13.0. The first-order valence-electron chi connectivity index (χ1n) is 7.78. The van der Waals surface area contributed by atoms with Crippen molar-refractivity contribution in [2.24, 2.45) is 18.4 Å². The van der Waals surface area contributed by atoms with E-state index >= 15 is 0 Å². The highest BCUT2D eigenvalue weighted by Gasteiger charge is 2.57. The van der Waals surface area contributed by atoms with Crippen LogP contribution in [0.15, 0.2) is 18.6 Å². The van der Waals surface area contributed by atoms with Gasteiger partial charge in [-0.1, -0.05) is 0 Å². The summed E-state index contributed by atoms with van der Waals surface area (Å²) in [4.78, 5) is 35.5. The molecule has 2 aromatic heterocycles. The standard InChI is InChI=1S/C16H18N4O4.ClH/c1-19-9-18-12-11(3-4-17-13(12)19)14(21)20-5-10-6-24-8-16(10,7-20)15(22)23-2;/h3-4,9-10H,5-8H2,1-2H3;1H/t10-,16-;/m0./s1. The number of likely N-dealkylation sites (tertiary alicyclic amines) is 1. The number of carbonyl (C=O) groups is 2. The minimum atomic E-state index is -0.749. The van der Waals surface area contributed by atoms with E-state index in [1.807, 2.05) is 7.05 Å². The van der Waals surface area contributed by atoms with E-state index in [1.165, 1.54) is 7.11 Å². The molecule has 8 nitrogen and oxygen atoms in total. The molecule has 0 radical (unpaired) electrons.